The summed E-state index contributed by atoms with van der Waals surface area (Å²) in [6.07, 6.45) is -0.0522. The Bertz CT molecular complexity index is 428. The maximum atomic E-state index is 10.7. The third-order valence-corrected chi connectivity index (χ3v) is 2.92. The number of nitrogens with zero attached hydrogens (tertiary/aromatic N) is 1. The van der Waals surface area contributed by atoms with Crippen molar-refractivity contribution in [2.45, 2.75) is 26.3 Å². The Balaban J connectivity index is 3.20. The van der Waals surface area contributed by atoms with Crippen molar-refractivity contribution in [3.05, 3.63) is 28.8 Å². The molecule has 17 heavy (non-hydrogen) atoms. The standard InChI is InChI=1S/C13H20N2O2/c1-8-5-10(11(14)7-13(16)17)12(15(3)4)6-9(8)2/h5-6,11H,7,14H2,1-4H3,(H,16,17). The molecule has 4 heteroatoms. The highest BCUT2D eigenvalue weighted by Gasteiger charge is 2.16. The molecule has 0 saturated heterocycles. The minimum absolute atomic E-state index is 0.0522. The minimum atomic E-state index is -0.875. The second kappa shape index (κ2) is 5.19. The Morgan fingerprint density at radius 3 is 2.35 bits per heavy atom. The molecule has 0 heterocycles. The van der Waals surface area contributed by atoms with Crippen LogP contribution in [0.5, 0.6) is 0 Å². The van der Waals surface area contributed by atoms with Crippen LogP contribution in [0.15, 0.2) is 12.1 Å². The fourth-order valence-corrected chi connectivity index (χ4v) is 1.81. The van der Waals surface area contributed by atoms with Gasteiger partial charge in [-0.05, 0) is 36.6 Å². The maximum Gasteiger partial charge on any atom is 0.305 e. The van der Waals surface area contributed by atoms with Crippen LogP contribution in [0.1, 0.15) is 29.2 Å². The number of carbonyl (C=O) groups is 1. The van der Waals surface area contributed by atoms with Gasteiger partial charge in [0.05, 0.1) is 6.42 Å². The van der Waals surface area contributed by atoms with Crippen molar-refractivity contribution in [3.8, 4) is 0 Å². The highest BCUT2D eigenvalue weighted by Crippen LogP contribution is 2.28. The van der Waals surface area contributed by atoms with E-state index in [1.807, 2.05) is 45.0 Å². The number of aryl methyl sites for hydroxylation is 2. The summed E-state index contributed by atoms with van der Waals surface area (Å²) in [4.78, 5) is 12.7. The van der Waals surface area contributed by atoms with Crippen molar-refractivity contribution >= 4 is 11.7 Å². The molecule has 1 aromatic rings. The Labute approximate surface area is 102 Å². The van der Waals surface area contributed by atoms with E-state index in [0.717, 1.165) is 16.8 Å². The maximum absolute atomic E-state index is 10.7. The van der Waals surface area contributed by atoms with Gasteiger partial charge >= 0.3 is 5.97 Å². The number of hydrogen-bond acceptors (Lipinski definition) is 3. The summed E-state index contributed by atoms with van der Waals surface area (Å²) in [5, 5.41) is 8.80. The van der Waals surface area contributed by atoms with Gasteiger partial charge in [-0.2, -0.15) is 0 Å². The van der Waals surface area contributed by atoms with E-state index in [4.69, 9.17) is 10.8 Å². The first-order valence-electron chi connectivity index (χ1n) is 5.58. The van der Waals surface area contributed by atoms with Crippen LogP contribution < -0.4 is 10.6 Å². The molecule has 1 aromatic carbocycles. The molecule has 0 amide bonds. The van der Waals surface area contributed by atoms with Gasteiger partial charge in [0.25, 0.3) is 0 Å². The summed E-state index contributed by atoms with van der Waals surface area (Å²) in [6, 6.07) is 3.56. The van der Waals surface area contributed by atoms with E-state index >= 15 is 0 Å². The monoisotopic (exact) mass is 236 g/mol. The third-order valence-electron chi connectivity index (χ3n) is 2.92. The first-order chi connectivity index (χ1) is 7.82. The molecule has 4 nitrogen and oxygen atoms in total. The van der Waals surface area contributed by atoms with E-state index in [0.29, 0.717) is 0 Å². The summed E-state index contributed by atoms with van der Waals surface area (Å²) in [5.41, 5.74) is 10.1. The lowest BCUT2D eigenvalue weighted by Crippen LogP contribution is -2.20. The second-order valence-corrected chi connectivity index (χ2v) is 4.59. The molecule has 0 bridgehead atoms. The van der Waals surface area contributed by atoms with E-state index in [1.54, 1.807) is 0 Å². The van der Waals surface area contributed by atoms with Crippen molar-refractivity contribution in [1.29, 1.82) is 0 Å². The molecule has 0 aliphatic heterocycles. The highest BCUT2D eigenvalue weighted by molar-refractivity contribution is 5.69. The number of hydrogen-bond donors (Lipinski definition) is 2. The zero-order valence-electron chi connectivity index (χ0n) is 10.8. The molecule has 3 N–H and O–H groups in total. The summed E-state index contributed by atoms with van der Waals surface area (Å²) in [7, 11) is 3.86. The first kappa shape index (κ1) is 13.5. The van der Waals surface area contributed by atoms with Gasteiger partial charge in [0, 0.05) is 25.8 Å². The molecule has 0 radical (unpaired) electrons. The average Bonchev–Trinajstić information content (AvgIpc) is 2.19. The number of carboxylic acid groups (broad SMARTS) is 1. The Morgan fingerprint density at radius 1 is 1.35 bits per heavy atom. The molecule has 0 spiro atoms. The number of benzene rings is 1. The van der Waals surface area contributed by atoms with Gasteiger partial charge in [0.1, 0.15) is 0 Å². The van der Waals surface area contributed by atoms with Crippen molar-refractivity contribution in [1.82, 2.24) is 0 Å². The van der Waals surface area contributed by atoms with Crippen LogP contribution in [0.4, 0.5) is 5.69 Å². The predicted octanol–water partition coefficient (Wildman–Crippen LogP) is 1.84. The molecule has 94 valence electrons. The summed E-state index contributed by atoms with van der Waals surface area (Å²) in [5.74, 6) is -0.875. The normalized spacial score (nSPS) is 12.3. The molecular weight excluding hydrogens is 216 g/mol. The lowest BCUT2D eigenvalue weighted by atomic mass is 9.97. The zero-order chi connectivity index (χ0) is 13.2. The van der Waals surface area contributed by atoms with Crippen LogP contribution in [0.3, 0.4) is 0 Å². The SMILES string of the molecule is Cc1cc(C(N)CC(=O)O)c(N(C)C)cc1C. The molecule has 0 aromatic heterocycles. The van der Waals surface area contributed by atoms with Gasteiger partial charge in [0.2, 0.25) is 0 Å². The summed E-state index contributed by atoms with van der Waals surface area (Å²) >= 11 is 0. The van der Waals surface area contributed by atoms with Gasteiger partial charge < -0.3 is 15.7 Å². The van der Waals surface area contributed by atoms with Gasteiger partial charge in [-0.3, -0.25) is 4.79 Å². The third kappa shape index (κ3) is 3.20. The molecule has 0 fully saturated rings. The molecule has 1 rings (SSSR count). The van der Waals surface area contributed by atoms with Crippen LogP contribution in [-0.2, 0) is 4.79 Å². The Hall–Kier alpha value is -1.55. The van der Waals surface area contributed by atoms with Crippen molar-refractivity contribution in [2.24, 2.45) is 5.73 Å². The molecule has 0 aliphatic rings. The number of aliphatic carboxylic acids is 1. The second-order valence-electron chi connectivity index (χ2n) is 4.59. The lowest BCUT2D eigenvalue weighted by molar-refractivity contribution is -0.137. The first-order valence-corrected chi connectivity index (χ1v) is 5.58. The largest absolute Gasteiger partial charge is 0.481 e. The molecular formula is C13H20N2O2. The molecule has 1 unspecified atom stereocenters. The Kier molecular flexibility index (Phi) is 4.12. The van der Waals surface area contributed by atoms with Crippen LogP contribution in [0.2, 0.25) is 0 Å². The summed E-state index contributed by atoms with van der Waals surface area (Å²) in [6.45, 7) is 4.04. The lowest BCUT2D eigenvalue weighted by Gasteiger charge is -2.22. The number of anilines is 1. The topological polar surface area (TPSA) is 66.6 Å². The van der Waals surface area contributed by atoms with E-state index in [1.165, 1.54) is 5.56 Å². The number of rotatable bonds is 4. The van der Waals surface area contributed by atoms with E-state index < -0.39 is 12.0 Å². The zero-order valence-corrected chi connectivity index (χ0v) is 10.8. The molecule has 0 aliphatic carbocycles. The highest BCUT2D eigenvalue weighted by atomic mass is 16.4. The average molecular weight is 236 g/mol. The van der Waals surface area contributed by atoms with E-state index in [2.05, 4.69) is 0 Å². The summed E-state index contributed by atoms with van der Waals surface area (Å²) < 4.78 is 0. The van der Waals surface area contributed by atoms with Crippen LogP contribution in [0, 0.1) is 13.8 Å². The van der Waals surface area contributed by atoms with Crippen LogP contribution >= 0.6 is 0 Å². The van der Waals surface area contributed by atoms with Crippen molar-refractivity contribution < 1.29 is 9.90 Å². The van der Waals surface area contributed by atoms with Crippen molar-refractivity contribution in [2.75, 3.05) is 19.0 Å². The fourth-order valence-electron chi connectivity index (χ4n) is 1.81. The quantitative estimate of drug-likeness (QED) is 0.837. The van der Waals surface area contributed by atoms with Crippen molar-refractivity contribution in [3.63, 3.8) is 0 Å². The number of carboxylic acids is 1. The van der Waals surface area contributed by atoms with Crippen LogP contribution in [0.25, 0.3) is 0 Å². The predicted molar refractivity (Wildman–Crippen MR) is 69.4 cm³/mol. The smallest absolute Gasteiger partial charge is 0.305 e. The Morgan fingerprint density at radius 2 is 1.88 bits per heavy atom. The molecule has 1 atom stereocenters. The van der Waals surface area contributed by atoms with E-state index in [-0.39, 0.29) is 6.42 Å². The molecule has 0 saturated carbocycles. The van der Waals surface area contributed by atoms with Gasteiger partial charge in [-0.1, -0.05) is 6.07 Å². The minimum Gasteiger partial charge on any atom is -0.481 e. The number of nitrogens with two attached hydrogens (primary N) is 1. The van der Waals surface area contributed by atoms with Gasteiger partial charge in [-0.25, -0.2) is 0 Å². The fraction of sp³-hybridized carbons (Fsp3) is 0.462. The van der Waals surface area contributed by atoms with E-state index in [9.17, 15) is 4.79 Å². The van der Waals surface area contributed by atoms with Gasteiger partial charge in [-0.15, -0.1) is 0 Å². The van der Waals surface area contributed by atoms with Gasteiger partial charge in [0.15, 0.2) is 0 Å². The van der Waals surface area contributed by atoms with Crippen LogP contribution in [-0.4, -0.2) is 25.2 Å².